The summed E-state index contributed by atoms with van der Waals surface area (Å²) in [7, 11) is 0. The number of nitrogens with zero attached hydrogens (tertiary/aromatic N) is 3. The van der Waals surface area contributed by atoms with Gasteiger partial charge in [0.2, 0.25) is 5.78 Å². The van der Waals surface area contributed by atoms with Gasteiger partial charge in [-0.15, -0.1) is 0 Å². The van der Waals surface area contributed by atoms with Crippen molar-refractivity contribution in [3.8, 4) is 0 Å². The number of aryl methyl sites for hydroxylation is 2. The zero-order valence-corrected chi connectivity index (χ0v) is 10.1. The van der Waals surface area contributed by atoms with Gasteiger partial charge >= 0.3 is 0 Å². The van der Waals surface area contributed by atoms with E-state index >= 15 is 0 Å². The van der Waals surface area contributed by atoms with Gasteiger partial charge < -0.3 is 0 Å². The molecule has 0 aromatic carbocycles. The monoisotopic (exact) mass is 229 g/mol. The molecule has 0 saturated heterocycles. The Bertz CT molecular complexity index is 531. The Morgan fingerprint density at radius 1 is 1.29 bits per heavy atom. The number of carbonyl (C=O) groups is 1. The maximum Gasteiger partial charge on any atom is 0.211 e. The minimum absolute atomic E-state index is 0.0172. The van der Waals surface area contributed by atoms with Crippen molar-refractivity contribution < 1.29 is 4.79 Å². The summed E-state index contributed by atoms with van der Waals surface area (Å²) in [4.78, 5) is 16.4. The van der Waals surface area contributed by atoms with Gasteiger partial charge in [-0.3, -0.25) is 14.5 Å². The highest BCUT2D eigenvalue weighted by atomic mass is 16.1. The van der Waals surface area contributed by atoms with Crippen molar-refractivity contribution in [2.45, 2.75) is 26.8 Å². The minimum atomic E-state index is 0.0172. The van der Waals surface area contributed by atoms with Gasteiger partial charge in [-0.25, -0.2) is 0 Å². The van der Waals surface area contributed by atoms with Gasteiger partial charge in [-0.1, -0.05) is 6.92 Å². The van der Waals surface area contributed by atoms with Crippen molar-refractivity contribution >= 4 is 5.78 Å². The molecule has 0 atom stereocenters. The lowest BCUT2D eigenvalue weighted by atomic mass is 10.0. The lowest BCUT2D eigenvalue weighted by Crippen LogP contribution is -2.12. The minimum Gasteiger partial charge on any atom is -0.287 e. The fraction of sp³-hybridized carbons (Fsp3) is 0.308. The molecule has 2 heterocycles. The predicted octanol–water partition coefficient (Wildman–Crippen LogP) is 2.09. The number of aromatic nitrogens is 3. The van der Waals surface area contributed by atoms with E-state index in [0.29, 0.717) is 12.2 Å². The molecule has 0 radical (unpaired) electrons. The van der Waals surface area contributed by atoms with Crippen molar-refractivity contribution in [3.63, 3.8) is 0 Å². The van der Waals surface area contributed by atoms with Crippen molar-refractivity contribution in [1.82, 2.24) is 14.8 Å². The number of pyridine rings is 1. The second-order valence-electron chi connectivity index (χ2n) is 3.75. The summed E-state index contributed by atoms with van der Waals surface area (Å²) < 4.78 is 1.71. The van der Waals surface area contributed by atoms with Gasteiger partial charge in [0.15, 0.2) is 0 Å². The van der Waals surface area contributed by atoms with Gasteiger partial charge in [0, 0.05) is 30.7 Å². The van der Waals surface area contributed by atoms with Crippen molar-refractivity contribution in [1.29, 1.82) is 0 Å². The maximum atomic E-state index is 12.4. The SMILES string of the molecule is CCc1cnccc1C(=O)c1ccnn1CC. The third kappa shape index (κ3) is 2.11. The van der Waals surface area contributed by atoms with E-state index in [1.165, 1.54) is 0 Å². The maximum absolute atomic E-state index is 12.4. The van der Waals surface area contributed by atoms with Crippen molar-refractivity contribution in [2.75, 3.05) is 0 Å². The first-order valence-electron chi connectivity index (χ1n) is 5.77. The van der Waals surface area contributed by atoms with Crippen LogP contribution in [0.4, 0.5) is 0 Å². The van der Waals surface area contributed by atoms with E-state index in [0.717, 1.165) is 17.5 Å². The summed E-state index contributed by atoms with van der Waals surface area (Å²) in [6.45, 7) is 4.68. The van der Waals surface area contributed by atoms with Crippen LogP contribution in [0.1, 0.15) is 35.5 Å². The molecule has 2 aromatic heterocycles. The molecule has 0 fully saturated rings. The number of hydrogen-bond acceptors (Lipinski definition) is 3. The van der Waals surface area contributed by atoms with Crippen LogP contribution in [0.5, 0.6) is 0 Å². The van der Waals surface area contributed by atoms with Crippen LogP contribution in [0, 0.1) is 0 Å². The van der Waals surface area contributed by atoms with E-state index in [9.17, 15) is 4.79 Å². The lowest BCUT2D eigenvalue weighted by Gasteiger charge is -2.07. The van der Waals surface area contributed by atoms with Crippen LogP contribution in [0.15, 0.2) is 30.7 Å². The highest BCUT2D eigenvalue weighted by molar-refractivity contribution is 6.08. The Hall–Kier alpha value is -1.97. The predicted molar refractivity (Wildman–Crippen MR) is 64.9 cm³/mol. The molecule has 0 bridgehead atoms. The molecule has 0 saturated carbocycles. The Morgan fingerprint density at radius 2 is 2.12 bits per heavy atom. The van der Waals surface area contributed by atoms with E-state index < -0.39 is 0 Å². The third-order valence-electron chi connectivity index (χ3n) is 2.78. The molecule has 0 amide bonds. The molecule has 0 aliphatic rings. The summed E-state index contributed by atoms with van der Waals surface area (Å²) in [5.41, 5.74) is 2.33. The average Bonchev–Trinajstić information content (AvgIpc) is 2.86. The largest absolute Gasteiger partial charge is 0.287 e. The molecular formula is C13H15N3O. The molecule has 4 nitrogen and oxygen atoms in total. The Kier molecular flexibility index (Phi) is 3.32. The van der Waals surface area contributed by atoms with Gasteiger partial charge in [-0.05, 0) is 31.0 Å². The van der Waals surface area contributed by atoms with Gasteiger partial charge in [0.1, 0.15) is 5.69 Å². The van der Waals surface area contributed by atoms with Gasteiger partial charge in [0.05, 0.1) is 0 Å². The summed E-state index contributed by atoms with van der Waals surface area (Å²) in [6, 6.07) is 3.53. The number of ketones is 1. The van der Waals surface area contributed by atoms with E-state index in [-0.39, 0.29) is 5.78 Å². The molecule has 0 unspecified atom stereocenters. The lowest BCUT2D eigenvalue weighted by molar-refractivity contribution is 0.102. The van der Waals surface area contributed by atoms with E-state index in [2.05, 4.69) is 10.1 Å². The number of rotatable bonds is 4. The first-order chi connectivity index (χ1) is 8.27. The smallest absolute Gasteiger partial charge is 0.211 e. The van der Waals surface area contributed by atoms with Crippen LogP contribution >= 0.6 is 0 Å². The highest BCUT2D eigenvalue weighted by Crippen LogP contribution is 2.14. The van der Waals surface area contributed by atoms with Crippen LogP contribution in [-0.4, -0.2) is 20.5 Å². The van der Waals surface area contributed by atoms with E-state index in [4.69, 9.17) is 0 Å². The zero-order chi connectivity index (χ0) is 12.3. The highest BCUT2D eigenvalue weighted by Gasteiger charge is 2.16. The van der Waals surface area contributed by atoms with Crippen LogP contribution < -0.4 is 0 Å². The molecule has 0 aliphatic heterocycles. The normalized spacial score (nSPS) is 10.5. The topological polar surface area (TPSA) is 47.8 Å². The molecule has 0 N–H and O–H groups in total. The van der Waals surface area contributed by atoms with Gasteiger partial charge in [-0.2, -0.15) is 5.10 Å². The van der Waals surface area contributed by atoms with E-state index in [1.807, 2.05) is 13.8 Å². The summed E-state index contributed by atoms with van der Waals surface area (Å²) in [6.07, 6.45) is 5.86. The summed E-state index contributed by atoms with van der Waals surface area (Å²) in [5, 5.41) is 4.12. The van der Waals surface area contributed by atoms with Crippen LogP contribution in [-0.2, 0) is 13.0 Å². The standard InChI is InChI=1S/C13H15N3O/c1-3-10-9-14-7-5-11(10)13(17)12-6-8-15-16(12)4-2/h5-9H,3-4H2,1-2H3. The quantitative estimate of drug-likeness (QED) is 0.754. The zero-order valence-electron chi connectivity index (χ0n) is 10.1. The molecule has 4 heteroatoms. The van der Waals surface area contributed by atoms with Crippen LogP contribution in [0.2, 0.25) is 0 Å². The number of carbonyl (C=O) groups excluding carboxylic acids is 1. The molecule has 0 spiro atoms. The summed E-state index contributed by atoms with van der Waals surface area (Å²) >= 11 is 0. The molecule has 88 valence electrons. The number of hydrogen-bond donors (Lipinski definition) is 0. The molecule has 2 rings (SSSR count). The first kappa shape index (κ1) is 11.5. The fourth-order valence-corrected chi connectivity index (χ4v) is 1.85. The average molecular weight is 229 g/mol. The second-order valence-corrected chi connectivity index (χ2v) is 3.75. The molecular weight excluding hydrogens is 214 g/mol. The third-order valence-corrected chi connectivity index (χ3v) is 2.78. The molecule has 17 heavy (non-hydrogen) atoms. The Labute approximate surface area is 100 Å². The fourth-order valence-electron chi connectivity index (χ4n) is 1.85. The summed E-state index contributed by atoms with van der Waals surface area (Å²) in [5.74, 6) is 0.0172. The van der Waals surface area contributed by atoms with Crippen LogP contribution in [0.3, 0.4) is 0 Å². The van der Waals surface area contributed by atoms with Gasteiger partial charge in [0.25, 0.3) is 0 Å². The van der Waals surface area contributed by atoms with E-state index in [1.54, 1.807) is 35.4 Å². The van der Waals surface area contributed by atoms with Crippen molar-refractivity contribution in [3.05, 3.63) is 47.5 Å². The van der Waals surface area contributed by atoms with Crippen LogP contribution in [0.25, 0.3) is 0 Å². The van der Waals surface area contributed by atoms with Crippen molar-refractivity contribution in [2.24, 2.45) is 0 Å². The Balaban J connectivity index is 2.44. The first-order valence-corrected chi connectivity index (χ1v) is 5.77. The Morgan fingerprint density at radius 3 is 2.82 bits per heavy atom. The molecule has 2 aromatic rings. The second kappa shape index (κ2) is 4.91. The molecule has 0 aliphatic carbocycles.